The van der Waals surface area contributed by atoms with E-state index in [2.05, 4.69) is 6.92 Å². The fourth-order valence-corrected chi connectivity index (χ4v) is 0. The van der Waals surface area contributed by atoms with E-state index in [4.69, 9.17) is 0 Å². The molecule has 0 aromatic heterocycles. The van der Waals surface area contributed by atoms with Gasteiger partial charge < -0.3 is 0 Å². The van der Waals surface area contributed by atoms with E-state index in [0.717, 1.165) is 0 Å². The molecule has 0 bridgehead atoms. The first-order valence-corrected chi connectivity index (χ1v) is 3.33. The van der Waals surface area contributed by atoms with Gasteiger partial charge in [0.15, 0.2) is 0 Å². The molecule has 0 heterocycles. The van der Waals surface area contributed by atoms with Crippen molar-refractivity contribution in [3.05, 3.63) is 0 Å². The first-order valence-electron chi connectivity index (χ1n) is 1.52. The van der Waals surface area contributed by atoms with Gasteiger partial charge in [-0.1, -0.05) is 0 Å². The third kappa shape index (κ3) is 2.79. The molecule has 0 aromatic rings. The van der Waals surface area contributed by atoms with Crippen LogP contribution in [-0.4, -0.2) is 22.3 Å². The first kappa shape index (κ1) is 4.79. The van der Waals surface area contributed by atoms with Crippen molar-refractivity contribution in [2.45, 2.75) is 17.8 Å². The molecule has 0 aliphatic carbocycles. The van der Waals surface area contributed by atoms with Crippen LogP contribution in [0.5, 0.6) is 0 Å². The van der Waals surface area contributed by atoms with Crippen molar-refractivity contribution in [2.24, 2.45) is 0 Å². The van der Waals surface area contributed by atoms with Crippen molar-refractivity contribution in [1.82, 2.24) is 0 Å². The summed E-state index contributed by atoms with van der Waals surface area (Å²) < 4.78 is 1.37. The van der Waals surface area contributed by atoms with E-state index in [-0.39, 0.29) is 0 Å². The number of hydrogen-bond donors (Lipinski definition) is 0. The summed E-state index contributed by atoms with van der Waals surface area (Å²) >= 11 is 1.90. The van der Waals surface area contributed by atoms with Gasteiger partial charge in [0, 0.05) is 0 Å². The van der Waals surface area contributed by atoms with E-state index in [1.165, 1.54) is 10.9 Å². The Balaban J connectivity index is 1.97. The van der Waals surface area contributed by atoms with Crippen molar-refractivity contribution < 1.29 is 0 Å². The summed E-state index contributed by atoms with van der Waals surface area (Å²) in [5.41, 5.74) is 0. The molecule has 0 atom stereocenters. The minimum atomic E-state index is 1.34. The molecule has 1 heteroatoms. The Morgan fingerprint density at radius 1 is 1.75 bits per heavy atom. The number of rotatable bonds is 1. The first-order chi connectivity index (χ1) is 1.91. The molecule has 0 saturated carbocycles. The van der Waals surface area contributed by atoms with E-state index in [1.807, 2.05) is 22.3 Å². The molecule has 0 N–H and O–H groups in total. The van der Waals surface area contributed by atoms with Gasteiger partial charge in [0.05, 0.1) is 0 Å². The Kier molecular flexibility index (Phi) is 4.54. The molecule has 0 radical (unpaired) electrons. The van der Waals surface area contributed by atoms with Crippen LogP contribution in [0.15, 0.2) is 0 Å². The molecule has 0 rings (SSSR count). The topological polar surface area (TPSA) is 0 Å². The van der Waals surface area contributed by atoms with E-state index in [1.54, 1.807) is 0 Å². The van der Waals surface area contributed by atoms with Gasteiger partial charge in [-0.2, -0.15) is 0 Å². The minimum absolute atomic E-state index is 1.34. The molecule has 0 aromatic carbocycles. The van der Waals surface area contributed by atoms with Gasteiger partial charge in [-0.25, -0.2) is 0 Å². The van der Waals surface area contributed by atoms with Crippen LogP contribution in [-0.2, 0) is 0 Å². The van der Waals surface area contributed by atoms with Crippen molar-refractivity contribution in [1.29, 1.82) is 0 Å². The normalized spacial score (nSPS) is 7.50. The van der Waals surface area contributed by atoms with E-state index in [0.29, 0.717) is 0 Å². The van der Waals surface area contributed by atoms with Gasteiger partial charge in [0.25, 0.3) is 0 Å². The molecular formula is C3H8Te. The zero-order valence-corrected chi connectivity index (χ0v) is 5.41. The number of hydrogen-bond acceptors (Lipinski definition) is 0. The van der Waals surface area contributed by atoms with Crippen molar-refractivity contribution in [3.63, 3.8) is 0 Å². The average molecular weight is 172 g/mol. The van der Waals surface area contributed by atoms with Gasteiger partial charge in [0.2, 0.25) is 0 Å². The van der Waals surface area contributed by atoms with Crippen LogP contribution in [0.2, 0.25) is 4.47 Å². The Morgan fingerprint density at radius 3 is 2.00 bits per heavy atom. The zero-order chi connectivity index (χ0) is 3.41. The second kappa shape index (κ2) is 3.79. The summed E-state index contributed by atoms with van der Waals surface area (Å²) in [6.45, 7) is 2.19. The van der Waals surface area contributed by atoms with Crippen LogP contribution < -0.4 is 0 Å². The quantitative estimate of drug-likeness (QED) is 0.510. The fourth-order valence-electron chi connectivity index (χ4n) is 0. The van der Waals surface area contributed by atoms with Gasteiger partial charge >= 0.3 is 40.1 Å². The molecule has 0 aliphatic heterocycles. The van der Waals surface area contributed by atoms with Gasteiger partial charge in [0.1, 0.15) is 0 Å². The molecule has 0 amide bonds. The summed E-state index contributed by atoms with van der Waals surface area (Å²) in [7, 11) is 0. The second-order valence-corrected chi connectivity index (χ2v) is 2.00. The maximum atomic E-state index is 2.19. The zero-order valence-electron chi connectivity index (χ0n) is 2.86. The van der Waals surface area contributed by atoms with E-state index < -0.39 is 0 Å². The predicted octanol–water partition coefficient (Wildman–Crippen LogP) is 0.716. The van der Waals surface area contributed by atoms with Crippen LogP contribution in [0.25, 0.3) is 0 Å². The third-order valence-corrected chi connectivity index (χ3v) is 1.50. The van der Waals surface area contributed by atoms with Crippen molar-refractivity contribution >= 4 is 22.3 Å². The Hall–Kier alpha value is 0.790. The SMILES string of the molecule is CCC[TeH]. The standard InChI is InChI=1S/C3H8Te/c1-2-3-4/h4H,2-3H2,1H3. The molecule has 0 spiro atoms. The summed E-state index contributed by atoms with van der Waals surface area (Å²) in [6, 6.07) is 0. The molecule has 4 heavy (non-hydrogen) atoms. The fraction of sp³-hybridized carbons (Fsp3) is 1.00. The second-order valence-electron chi connectivity index (χ2n) is 0.724. The Morgan fingerprint density at radius 2 is 2.00 bits per heavy atom. The van der Waals surface area contributed by atoms with E-state index >= 15 is 0 Å². The monoisotopic (exact) mass is 174 g/mol. The summed E-state index contributed by atoms with van der Waals surface area (Å²) in [4.78, 5) is 0. The van der Waals surface area contributed by atoms with Crippen LogP contribution in [0.4, 0.5) is 0 Å². The van der Waals surface area contributed by atoms with Crippen LogP contribution >= 0.6 is 0 Å². The molecule has 0 fully saturated rings. The van der Waals surface area contributed by atoms with Crippen LogP contribution in [0.3, 0.4) is 0 Å². The Bertz CT molecular complexity index is 5.25. The Labute approximate surface area is 40.5 Å². The average Bonchev–Trinajstić information content (AvgIpc) is 1.37. The van der Waals surface area contributed by atoms with Gasteiger partial charge in [-0.05, 0) is 0 Å². The summed E-state index contributed by atoms with van der Waals surface area (Å²) in [5, 5.41) is 0. The van der Waals surface area contributed by atoms with Crippen molar-refractivity contribution in [2.75, 3.05) is 0 Å². The molecule has 0 aliphatic rings. The van der Waals surface area contributed by atoms with Crippen LogP contribution in [0.1, 0.15) is 13.3 Å². The molecule has 0 saturated heterocycles. The van der Waals surface area contributed by atoms with Crippen LogP contribution in [0, 0.1) is 0 Å². The molecular weight excluding hydrogens is 164 g/mol. The maximum absolute atomic E-state index is 2.19. The molecule has 26 valence electrons. The third-order valence-electron chi connectivity index (χ3n) is 0.224. The molecule has 0 nitrogen and oxygen atoms in total. The molecule has 0 unspecified atom stereocenters. The summed E-state index contributed by atoms with van der Waals surface area (Å²) in [6.07, 6.45) is 1.34. The summed E-state index contributed by atoms with van der Waals surface area (Å²) in [5.74, 6) is 0. The van der Waals surface area contributed by atoms with E-state index in [9.17, 15) is 0 Å². The van der Waals surface area contributed by atoms with Gasteiger partial charge in [-0.3, -0.25) is 0 Å². The van der Waals surface area contributed by atoms with Gasteiger partial charge in [-0.15, -0.1) is 0 Å². The van der Waals surface area contributed by atoms with Crippen molar-refractivity contribution in [3.8, 4) is 0 Å². The predicted molar refractivity (Wildman–Crippen MR) is 22.2 cm³/mol.